The fourth-order valence-corrected chi connectivity index (χ4v) is 1.80. The minimum Gasteiger partial charge on any atom is -0.480 e. The fraction of sp³-hybridized carbons (Fsp3) is 0.250. The summed E-state index contributed by atoms with van der Waals surface area (Å²) in [6.07, 6.45) is 0. The van der Waals surface area contributed by atoms with E-state index < -0.39 is 12.0 Å². The van der Waals surface area contributed by atoms with Gasteiger partial charge in [0.05, 0.1) is 6.54 Å². The number of rotatable bonds is 5. The summed E-state index contributed by atoms with van der Waals surface area (Å²) >= 11 is 3.37. The molecule has 0 spiro atoms. The third kappa shape index (κ3) is 3.62. The molecule has 1 heterocycles. The molecule has 2 rings (SSSR count). The Morgan fingerprint density at radius 2 is 2.37 bits per heavy atom. The van der Waals surface area contributed by atoms with E-state index in [1.54, 1.807) is 6.92 Å². The Labute approximate surface area is 118 Å². The lowest BCUT2D eigenvalue weighted by molar-refractivity contribution is -0.139. The van der Waals surface area contributed by atoms with Crippen molar-refractivity contribution in [1.82, 2.24) is 15.5 Å². The topological polar surface area (TPSA) is 88.3 Å². The molecule has 0 aliphatic rings. The second-order valence-corrected chi connectivity index (χ2v) is 4.88. The smallest absolute Gasteiger partial charge is 0.320 e. The number of carboxylic acids is 1. The quantitative estimate of drug-likeness (QED) is 0.874. The number of hydrogen-bond donors (Lipinski definition) is 2. The van der Waals surface area contributed by atoms with Crippen LogP contribution in [0.2, 0.25) is 0 Å². The first-order chi connectivity index (χ1) is 9.06. The van der Waals surface area contributed by atoms with Crippen LogP contribution in [0.3, 0.4) is 0 Å². The highest BCUT2D eigenvalue weighted by atomic mass is 79.9. The summed E-state index contributed by atoms with van der Waals surface area (Å²) in [5.41, 5.74) is 0.829. The van der Waals surface area contributed by atoms with Crippen LogP contribution in [-0.4, -0.2) is 27.3 Å². The molecule has 1 aromatic heterocycles. The van der Waals surface area contributed by atoms with E-state index in [1.807, 2.05) is 24.3 Å². The first-order valence-electron chi connectivity index (χ1n) is 5.61. The molecule has 0 aliphatic carbocycles. The molecule has 0 saturated heterocycles. The minimum absolute atomic E-state index is 0.217. The van der Waals surface area contributed by atoms with E-state index in [2.05, 4.69) is 31.4 Å². The van der Waals surface area contributed by atoms with Crippen molar-refractivity contribution in [2.75, 3.05) is 0 Å². The predicted molar refractivity (Wildman–Crippen MR) is 71.4 cm³/mol. The van der Waals surface area contributed by atoms with Crippen LogP contribution >= 0.6 is 15.9 Å². The molecule has 1 aromatic carbocycles. The number of halogens is 1. The molecule has 19 heavy (non-hydrogen) atoms. The average molecular weight is 326 g/mol. The summed E-state index contributed by atoms with van der Waals surface area (Å²) in [7, 11) is 0. The van der Waals surface area contributed by atoms with Gasteiger partial charge in [0.2, 0.25) is 11.7 Å². The van der Waals surface area contributed by atoms with Gasteiger partial charge in [0.25, 0.3) is 0 Å². The lowest BCUT2D eigenvalue weighted by Gasteiger charge is -2.05. The number of aliphatic carboxylic acids is 1. The molecule has 0 bridgehead atoms. The van der Waals surface area contributed by atoms with Crippen LogP contribution in [0.5, 0.6) is 0 Å². The Bertz CT molecular complexity index is 585. The van der Waals surface area contributed by atoms with E-state index in [0.717, 1.165) is 10.0 Å². The SMILES string of the molecule is CC(NCc1nc(-c2cccc(Br)c2)no1)C(=O)O. The number of carboxylic acid groups (broad SMARTS) is 1. The lowest BCUT2D eigenvalue weighted by Crippen LogP contribution is -2.33. The van der Waals surface area contributed by atoms with Gasteiger partial charge in [-0.15, -0.1) is 0 Å². The summed E-state index contributed by atoms with van der Waals surface area (Å²) in [5, 5.41) is 15.4. The van der Waals surface area contributed by atoms with Gasteiger partial charge in [0, 0.05) is 10.0 Å². The van der Waals surface area contributed by atoms with Crippen molar-refractivity contribution < 1.29 is 14.4 Å². The summed E-state index contributed by atoms with van der Waals surface area (Å²) in [5.74, 6) is -0.101. The van der Waals surface area contributed by atoms with E-state index >= 15 is 0 Å². The van der Waals surface area contributed by atoms with E-state index in [0.29, 0.717) is 11.7 Å². The molecule has 6 nitrogen and oxygen atoms in total. The standard InChI is InChI=1S/C12H12BrN3O3/c1-7(12(17)18)14-6-10-15-11(16-19-10)8-3-2-4-9(13)5-8/h2-5,7,14H,6H2,1H3,(H,17,18). The number of carbonyl (C=O) groups is 1. The highest BCUT2D eigenvalue weighted by Gasteiger charge is 2.13. The maximum Gasteiger partial charge on any atom is 0.320 e. The Kier molecular flexibility index (Phi) is 4.28. The van der Waals surface area contributed by atoms with Crippen LogP contribution in [-0.2, 0) is 11.3 Å². The molecule has 100 valence electrons. The molecule has 0 radical (unpaired) electrons. The molecular weight excluding hydrogens is 314 g/mol. The first kappa shape index (κ1) is 13.7. The van der Waals surface area contributed by atoms with Gasteiger partial charge in [0.15, 0.2) is 0 Å². The maximum atomic E-state index is 10.7. The third-order valence-electron chi connectivity index (χ3n) is 2.48. The Hall–Kier alpha value is -1.73. The van der Waals surface area contributed by atoms with E-state index in [9.17, 15) is 4.79 Å². The van der Waals surface area contributed by atoms with Gasteiger partial charge in [-0.25, -0.2) is 0 Å². The van der Waals surface area contributed by atoms with Gasteiger partial charge in [-0.1, -0.05) is 33.2 Å². The molecule has 2 N–H and O–H groups in total. The summed E-state index contributed by atoms with van der Waals surface area (Å²) in [6, 6.07) is 6.86. The molecule has 1 unspecified atom stereocenters. The second-order valence-electron chi connectivity index (χ2n) is 3.96. The van der Waals surface area contributed by atoms with Crippen LogP contribution < -0.4 is 5.32 Å². The molecule has 0 aliphatic heterocycles. The summed E-state index contributed by atoms with van der Waals surface area (Å²) in [4.78, 5) is 14.8. The van der Waals surface area contributed by atoms with Crippen LogP contribution in [0, 0.1) is 0 Å². The Morgan fingerprint density at radius 3 is 3.05 bits per heavy atom. The Morgan fingerprint density at radius 1 is 1.58 bits per heavy atom. The van der Waals surface area contributed by atoms with Gasteiger partial charge in [-0.05, 0) is 19.1 Å². The van der Waals surface area contributed by atoms with Crippen molar-refractivity contribution in [3.63, 3.8) is 0 Å². The van der Waals surface area contributed by atoms with Crippen LogP contribution in [0.1, 0.15) is 12.8 Å². The van der Waals surface area contributed by atoms with E-state index in [4.69, 9.17) is 9.63 Å². The fourth-order valence-electron chi connectivity index (χ4n) is 1.40. The molecule has 0 saturated carbocycles. The number of nitrogens with one attached hydrogen (secondary N) is 1. The van der Waals surface area contributed by atoms with Crippen molar-refractivity contribution in [1.29, 1.82) is 0 Å². The zero-order chi connectivity index (χ0) is 13.8. The van der Waals surface area contributed by atoms with Gasteiger partial charge >= 0.3 is 5.97 Å². The summed E-state index contributed by atoms with van der Waals surface area (Å²) in [6.45, 7) is 1.77. The van der Waals surface area contributed by atoms with Crippen molar-refractivity contribution in [3.05, 3.63) is 34.6 Å². The molecule has 0 amide bonds. The zero-order valence-electron chi connectivity index (χ0n) is 10.1. The number of aromatic nitrogens is 2. The maximum absolute atomic E-state index is 10.7. The van der Waals surface area contributed by atoms with Crippen LogP contribution in [0.25, 0.3) is 11.4 Å². The molecule has 7 heteroatoms. The van der Waals surface area contributed by atoms with Crippen molar-refractivity contribution in [3.8, 4) is 11.4 Å². The molecular formula is C12H12BrN3O3. The van der Waals surface area contributed by atoms with Crippen molar-refractivity contribution in [2.24, 2.45) is 0 Å². The number of nitrogens with zero attached hydrogens (tertiary/aromatic N) is 2. The van der Waals surface area contributed by atoms with E-state index in [-0.39, 0.29) is 6.54 Å². The van der Waals surface area contributed by atoms with Crippen LogP contribution in [0.15, 0.2) is 33.3 Å². The number of benzene rings is 1. The Balaban J connectivity index is 2.05. The number of hydrogen-bond acceptors (Lipinski definition) is 5. The van der Waals surface area contributed by atoms with Gasteiger partial charge in [0.1, 0.15) is 6.04 Å². The summed E-state index contributed by atoms with van der Waals surface area (Å²) < 4.78 is 5.98. The predicted octanol–water partition coefficient (Wildman–Crippen LogP) is 2.06. The third-order valence-corrected chi connectivity index (χ3v) is 2.97. The largest absolute Gasteiger partial charge is 0.480 e. The highest BCUT2D eigenvalue weighted by Crippen LogP contribution is 2.20. The van der Waals surface area contributed by atoms with Crippen LogP contribution in [0.4, 0.5) is 0 Å². The zero-order valence-corrected chi connectivity index (χ0v) is 11.7. The molecule has 1 atom stereocenters. The average Bonchev–Trinajstić information content (AvgIpc) is 2.84. The van der Waals surface area contributed by atoms with Gasteiger partial charge < -0.3 is 9.63 Å². The highest BCUT2D eigenvalue weighted by molar-refractivity contribution is 9.10. The molecule has 2 aromatic rings. The first-order valence-corrected chi connectivity index (χ1v) is 6.40. The second kappa shape index (κ2) is 5.94. The van der Waals surface area contributed by atoms with Crippen molar-refractivity contribution >= 4 is 21.9 Å². The monoisotopic (exact) mass is 325 g/mol. The normalized spacial score (nSPS) is 12.3. The minimum atomic E-state index is -0.924. The molecule has 0 fully saturated rings. The van der Waals surface area contributed by atoms with Gasteiger partial charge in [-0.2, -0.15) is 4.98 Å². The van der Waals surface area contributed by atoms with Gasteiger partial charge in [-0.3, -0.25) is 10.1 Å². The van der Waals surface area contributed by atoms with Crippen molar-refractivity contribution in [2.45, 2.75) is 19.5 Å². The van der Waals surface area contributed by atoms with E-state index in [1.165, 1.54) is 0 Å². The lowest BCUT2D eigenvalue weighted by atomic mass is 10.2.